The van der Waals surface area contributed by atoms with Crippen molar-refractivity contribution >= 4 is 5.82 Å². The Balaban J connectivity index is 2.65. The second kappa shape index (κ2) is 4.49. The van der Waals surface area contributed by atoms with E-state index in [1.807, 2.05) is 18.2 Å². The lowest BCUT2D eigenvalue weighted by molar-refractivity contribution is 0.408. The normalized spacial score (nSPS) is 10.8. The lowest BCUT2D eigenvalue weighted by Crippen LogP contribution is -1.98. The Labute approximate surface area is 101 Å². The number of aromatic amines is 1. The molecule has 0 fully saturated rings. The highest BCUT2D eigenvalue weighted by atomic mass is 16.5. The average molecular weight is 231 g/mol. The maximum Gasteiger partial charge on any atom is 0.126 e. The fourth-order valence-electron chi connectivity index (χ4n) is 2.06. The second-order valence-corrected chi connectivity index (χ2v) is 4.27. The van der Waals surface area contributed by atoms with E-state index >= 15 is 0 Å². The number of nitrogens with zero attached hydrogens (tertiary/aromatic N) is 1. The molecule has 90 valence electrons. The van der Waals surface area contributed by atoms with E-state index in [0.29, 0.717) is 11.7 Å². The number of ether oxygens (including phenoxy) is 1. The number of anilines is 1. The van der Waals surface area contributed by atoms with Crippen LogP contribution in [0.25, 0.3) is 11.1 Å². The van der Waals surface area contributed by atoms with E-state index in [9.17, 15) is 0 Å². The summed E-state index contributed by atoms with van der Waals surface area (Å²) in [6, 6.07) is 5.97. The number of benzene rings is 1. The van der Waals surface area contributed by atoms with Gasteiger partial charge in [-0.3, -0.25) is 5.10 Å². The largest absolute Gasteiger partial charge is 0.496 e. The number of H-pyrrole nitrogens is 1. The second-order valence-electron chi connectivity index (χ2n) is 4.27. The quantitative estimate of drug-likeness (QED) is 0.853. The molecule has 4 heteroatoms. The van der Waals surface area contributed by atoms with Crippen molar-refractivity contribution in [1.82, 2.24) is 10.2 Å². The van der Waals surface area contributed by atoms with Gasteiger partial charge in [0.05, 0.1) is 13.3 Å². The summed E-state index contributed by atoms with van der Waals surface area (Å²) < 4.78 is 5.41. The summed E-state index contributed by atoms with van der Waals surface area (Å²) in [5, 5.41) is 6.72. The standard InChI is InChI=1S/C13H17N3O/c1-8(2)12-9(5-4-6-11(12)17-3)10-7-15-16-13(10)14/h4-8H,1-3H3,(H3,14,15,16). The van der Waals surface area contributed by atoms with Gasteiger partial charge in [0.25, 0.3) is 0 Å². The van der Waals surface area contributed by atoms with Crippen molar-refractivity contribution < 1.29 is 4.74 Å². The lowest BCUT2D eigenvalue weighted by atomic mass is 9.92. The third-order valence-corrected chi connectivity index (χ3v) is 2.82. The first-order valence-electron chi connectivity index (χ1n) is 5.61. The van der Waals surface area contributed by atoms with Crippen LogP contribution in [0.4, 0.5) is 5.82 Å². The van der Waals surface area contributed by atoms with Crippen molar-refractivity contribution in [2.75, 3.05) is 12.8 Å². The summed E-state index contributed by atoms with van der Waals surface area (Å²) >= 11 is 0. The minimum atomic E-state index is 0.357. The molecule has 0 atom stereocenters. The molecule has 1 heterocycles. The molecule has 2 aromatic rings. The smallest absolute Gasteiger partial charge is 0.126 e. The van der Waals surface area contributed by atoms with Crippen LogP contribution in [0.2, 0.25) is 0 Å². The molecule has 4 nitrogen and oxygen atoms in total. The monoisotopic (exact) mass is 231 g/mol. The predicted octanol–water partition coefficient (Wildman–Crippen LogP) is 2.79. The van der Waals surface area contributed by atoms with Gasteiger partial charge in [0.1, 0.15) is 11.6 Å². The maximum atomic E-state index is 5.87. The Hall–Kier alpha value is -1.97. The van der Waals surface area contributed by atoms with Crippen molar-refractivity contribution in [1.29, 1.82) is 0 Å². The first-order valence-corrected chi connectivity index (χ1v) is 5.61. The lowest BCUT2D eigenvalue weighted by Gasteiger charge is -2.16. The molecule has 0 aliphatic carbocycles. The fraction of sp³-hybridized carbons (Fsp3) is 0.308. The summed E-state index contributed by atoms with van der Waals surface area (Å²) in [5.41, 5.74) is 9.03. The molecule has 0 spiro atoms. The molecule has 0 saturated heterocycles. The van der Waals surface area contributed by atoms with Crippen molar-refractivity contribution in [2.45, 2.75) is 19.8 Å². The van der Waals surface area contributed by atoms with Gasteiger partial charge in [-0.05, 0) is 17.5 Å². The van der Waals surface area contributed by atoms with Gasteiger partial charge in [0, 0.05) is 11.1 Å². The van der Waals surface area contributed by atoms with Crippen molar-refractivity contribution in [2.24, 2.45) is 0 Å². The van der Waals surface area contributed by atoms with Crippen LogP contribution in [0.1, 0.15) is 25.3 Å². The third-order valence-electron chi connectivity index (χ3n) is 2.82. The SMILES string of the molecule is COc1cccc(-c2cn[nH]c2N)c1C(C)C. The zero-order valence-corrected chi connectivity index (χ0v) is 10.3. The van der Waals surface area contributed by atoms with Crippen LogP contribution in [0.3, 0.4) is 0 Å². The van der Waals surface area contributed by atoms with Crippen LogP contribution in [0, 0.1) is 0 Å². The predicted molar refractivity (Wildman–Crippen MR) is 69.1 cm³/mol. The number of aromatic nitrogens is 2. The van der Waals surface area contributed by atoms with Crippen LogP contribution in [0.5, 0.6) is 5.75 Å². The Kier molecular flexibility index (Phi) is 3.04. The van der Waals surface area contributed by atoms with Crippen LogP contribution in [-0.4, -0.2) is 17.3 Å². The summed E-state index contributed by atoms with van der Waals surface area (Å²) in [6.07, 6.45) is 1.75. The minimum Gasteiger partial charge on any atom is -0.496 e. The summed E-state index contributed by atoms with van der Waals surface area (Å²) in [5.74, 6) is 1.83. The van der Waals surface area contributed by atoms with E-state index in [4.69, 9.17) is 10.5 Å². The van der Waals surface area contributed by atoms with Crippen molar-refractivity contribution in [3.8, 4) is 16.9 Å². The fourth-order valence-corrected chi connectivity index (χ4v) is 2.06. The van der Waals surface area contributed by atoms with Gasteiger partial charge in [-0.15, -0.1) is 0 Å². The number of nitrogen functional groups attached to an aromatic ring is 1. The van der Waals surface area contributed by atoms with E-state index in [1.54, 1.807) is 13.3 Å². The molecule has 0 aliphatic rings. The van der Waals surface area contributed by atoms with Gasteiger partial charge in [0.2, 0.25) is 0 Å². The number of methoxy groups -OCH3 is 1. The Morgan fingerprint density at radius 3 is 2.59 bits per heavy atom. The van der Waals surface area contributed by atoms with Crippen molar-refractivity contribution in [3.63, 3.8) is 0 Å². The highest BCUT2D eigenvalue weighted by Crippen LogP contribution is 2.37. The summed E-state index contributed by atoms with van der Waals surface area (Å²) in [6.45, 7) is 4.27. The van der Waals surface area contributed by atoms with Gasteiger partial charge in [-0.25, -0.2) is 0 Å². The Morgan fingerprint density at radius 1 is 1.29 bits per heavy atom. The molecule has 0 aliphatic heterocycles. The van der Waals surface area contributed by atoms with Gasteiger partial charge in [0.15, 0.2) is 0 Å². The van der Waals surface area contributed by atoms with E-state index < -0.39 is 0 Å². The molecule has 0 radical (unpaired) electrons. The van der Waals surface area contributed by atoms with Gasteiger partial charge < -0.3 is 10.5 Å². The van der Waals surface area contributed by atoms with E-state index in [1.165, 1.54) is 0 Å². The number of rotatable bonds is 3. The van der Waals surface area contributed by atoms with Crippen LogP contribution >= 0.6 is 0 Å². The molecule has 0 unspecified atom stereocenters. The van der Waals surface area contributed by atoms with Crippen LogP contribution in [-0.2, 0) is 0 Å². The molecule has 3 N–H and O–H groups in total. The van der Waals surface area contributed by atoms with Gasteiger partial charge >= 0.3 is 0 Å². The molecule has 0 bridgehead atoms. The molecular weight excluding hydrogens is 214 g/mol. The zero-order chi connectivity index (χ0) is 12.4. The Morgan fingerprint density at radius 2 is 2.06 bits per heavy atom. The highest BCUT2D eigenvalue weighted by molar-refractivity contribution is 5.77. The van der Waals surface area contributed by atoms with E-state index in [0.717, 1.165) is 22.4 Å². The third kappa shape index (κ3) is 1.98. The first-order chi connectivity index (χ1) is 8.15. The topological polar surface area (TPSA) is 63.9 Å². The van der Waals surface area contributed by atoms with Gasteiger partial charge in [-0.2, -0.15) is 5.10 Å². The molecule has 2 rings (SSSR count). The number of nitrogens with one attached hydrogen (secondary N) is 1. The Bertz CT molecular complexity index is 517. The molecular formula is C13H17N3O. The zero-order valence-electron chi connectivity index (χ0n) is 10.3. The number of nitrogens with two attached hydrogens (primary N) is 1. The summed E-state index contributed by atoms with van der Waals surface area (Å²) in [7, 11) is 1.68. The van der Waals surface area contributed by atoms with E-state index in [2.05, 4.69) is 24.0 Å². The maximum absolute atomic E-state index is 5.87. The average Bonchev–Trinajstić information content (AvgIpc) is 2.74. The van der Waals surface area contributed by atoms with Gasteiger partial charge in [-0.1, -0.05) is 26.0 Å². The molecule has 17 heavy (non-hydrogen) atoms. The molecule has 1 aromatic carbocycles. The summed E-state index contributed by atoms with van der Waals surface area (Å²) in [4.78, 5) is 0. The van der Waals surface area contributed by atoms with E-state index in [-0.39, 0.29) is 0 Å². The number of hydrogen-bond acceptors (Lipinski definition) is 3. The molecule has 0 amide bonds. The van der Waals surface area contributed by atoms with Crippen molar-refractivity contribution in [3.05, 3.63) is 30.0 Å². The molecule has 1 aromatic heterocycles. The highest BCUT2D eigenvalue weighted by Gasteiger charge is 2.16. The minimum absolute atomic E-state index is 0.357. The first kappa shape index (κ1) is 11.5. The number of hydrogen-bond donors (Lipinski definition) is 2. The van der Waals surface area contributed by atoms with Crippen LogP contribution in [0.15, 0.2) is 24.4 Å². The van der Waals surface area contributed by atoms with Crippen LogP contribution < -0.4 is 10.5 Å². The molecule has 0 saturated carbocycles.